The number of aliphatic imine (C=N–C) groups is 1. The molecule has 150 valence electrons. The molecule has 3 rings (SSSR count). The standard InChI is InChI=1S/C20H27N5O3/c1-4-21-20(23-13-15-7-9-28-25-15)22-8-5-6-14-10-17-18(24-14)11-16(26-2)12-19(17)27-3/h7,9-12,24H,4-6,8,13H2,1-3H3,(H2,21,22,23). The van der Waals surface area contributed by atoms with Crippen molar-refractivity contribution in [1.82, 2.24) is 20.8 Å². The molecular weight excluding hydrogens is 358 g/mol. The van der Waals surface area contributed by atoms with Crippen LogP contribution in [0, 0.1) is 0 Å². The van der Waals surface area contributed by atoms with Crippen LogP contribution in [0.5, 0.6) is 11.5 Å². The molecule has 0 bridgehead atoms. The van der Waals surface area contributed by atoms with Gasteiger partial charge >= 0.3 is 0 Å². The Morgan fingerprint density at radius 2 is 2.11 bits per heavy atom. The van der Waals surface area contributed by atoms with E-state index in [0.29, 0.717) is 6.54 Å². The maximum absolute atomic E-state index is 5.48. The Morgan fingerprint density at radius 3 is 2.82 bits per heavy atom. The molecule has 8 nitrogen and oxygen atoms in total. The lowest BCUT2D eigenvalue weighted by Crippen LogP contribution is -2.37. The largest absolute Gasteiger partial charge is 0.497 e. The van der Waals surface area contributed by atoms with Crippen molar-refractivity contribution in [2.24, 2.45) is 4.99 Å². The first kappa shape index (κ1) is 19.6. The number of hydrogen-bond donors (Lipinski definition) is 3. The molecule has 0 aliphatic heterocycles. The van der Waals surface area contributed by atoms with E-state index < -0.39 is 0 Å². The Hall–Kier alpha value is -3.16. The summed E-state index contributed by atoms with van der Waals surface area (Å²) in [6.07, 6.45) is 3.42. The number of fused-ring (bicyclic) bond motifs is 1. The average molecular weight is 385 g/mol. The van der Waals surface area contributed by atoms with Crippen LogP contribution in [-0.2, 0) is 13.0 Å². The van der Waals surface area contributed by atoms with Crippen LogP contribution in [0.2, 0.25) is 0 Å². The lowest BCUT2D eigenvalue weighted by Gasteiger charge is -2.10. The number of guanidine groups is 1. The first-order chi connectivity index (χ1) is 13.7. The molecule has 28 heavy (non-hydrogen) atoms. The van der Waals surface area contributed by atoms with E-state index >= 15 is 0 Å². The molecule has 0 spiro atoms. The summed E-state index contributed by atoms with van der Waals surface area (Å²) in [6, 6.07) is 7.83. The highest BCUT2D eigenvalue weighted by Crippen LogP contribution is 2.31. The van der Waals surface area contributed by atoms with Crippen LogP contribution in [0.3, 0.4) is 0 Å². The molecule has 0 unspecified atom stereocenters. The second kappa shape index (κ2) is 9.68. The second-order valence-corrected chi connectivity index (χ2v) is 6.30. The van der Waals surface area contributed by atoms with Gasteiger partial charge in [-0.15, -0.1) is 0 Å². The fourth-order valence-electron chi connectivity index (χ4n) is 2.96. The number of nitrogens with one attached hydrogen (secondary N) is 3. The molecule has 2 aromatic heterocycles. The lowest BCUT2D eigenvalue weighted by atomic mass is 10.2. The average Bonchev–Trinajstić information content (AvgIpc) is 3.37. The van der Waals surface area contributed by atoms with Gasteiger partial charge in [-0.25, -0.2) is 4.99 Å². The SMILES string of the molecule is CCNC(=NCc1ccon1)NCCCc1cc2c(OC)cc(OC)cc2[nH]1. The van der Waals surface area contributed by atoms with Gasteiger partial charge in [0.15, 0.2) is 5.96 Å². The summed E-state index contributed by atoms with van der Waals surface area (Å²) in [4.78, 5) is 7.96. The van der Waals surface area contributed by atoms with E-state index in [9.17, 15) is 0 Å². The van der Waals surface area contributed by atoms with Gasteiger partial charge in [0, 0.05) is 42.4 Å². The third kappa shape index (κ3) is 4.97. The molecule has 0 aliphatic carbocycles. The van der Waals surface area contributed by atoms with E-state index in [4.69, 9.17) is 14.0 Å². The summed E-state index contributed by atoms with van der Waals surface area (Å²) < 4.78 is 15.6. The number of aromatic amines is 1. The van der Waals surface area contributed by atoms with E-state index in [1.54, 1.807) is 20.5 Å². The van der Waals surface area contributed by atoms with Crippen molar-refractivity contribution in [3.8, 4) is 11.5 Å². The van der Waals surface area contributed by atoms with Crippen LogP contribution in [-0.4, -0.2) is 43.4 Å². The number of aryl methyl sites for hydroxylation is 1. The summed E-state index contributed by atoms with van der Waals surface area (Å²) in [5.41, 5.74) is 2.98. The molecular formula is C20H27N5O3. The number of hydrogen-bond acceptors (Lipinski definition) is 5. The van der Waals surface area contributed by atoms with E-state index in [1.165, 1.54) is 0 Å². The predicted octanol–water partition coefficient (Wildman–Crippen LogP) is 2.86. The third-order valence-corrected chi connectivity index (χ3v) is 4.33. The first-order valence-electron chi connectivity index (χ1n) is 9.38. The van der Waals surface area contributed by atoms with Gasteiger partial charge in [-0.1, -0.05) is 5.16 Å². The molecule has 2 heterocycles. The van der Waals surface area contributed by atoms with Crippen LogP contribution >= 0.6 is 0 Å². The molecule has 3 N–H and O–H groups in total. The van der Waals surface area contributed by atoms with Crippen molar-refractivity contribution >= 4 is 16.9 Å². The second-order valence-electron chi connectivity index (χ2n) is 6.30. The minimum atomic E-state index is 0.482. The fraction of sp³-hybridized carbons (Fsp3) is 0.400. The van der Waals surface area contributed by atoms with Crippen LogP contribution in [0.1, 0.15) is 24.7 Å². The zero-order valence-corrected chi connectivity index (χ0v) is 16.5. The molecule has 0 saturated carbocycles. The minimum absolute atomic E-state index is 0.482. The van der Waals surface area contributed by atoms with Crippen LogP contribution < -0.4 is 20.1 Å². The van der Waals surface area contributed by atoms with Gasteiger partial charge in [-0.2, -0.15) is 0 Å². The van der Waals surface area contributed by atoms with Gasteiger partial charge in [0.2, 0.25) is 0 Å². The summed E-state index contributed by atoms with van der Waals surface area (Å²) in [5.74, 6) is 2.36. The molecule has 0 aliphatic rings. The first-order valence-corrected chi connectivity index (χ1v) is 9.38. The number of methoxy groups -OCH3 is 2. The summed E-state index contributed by atoms with van der Waals surface area (Å²) in [7, 11) is 3.33. The topological polar surface area (TPSA) is 96.7 Å². The van der Waals surface area contributed by atoms with E-state index in [-0.39, 0.29) is 0 Å². The smallest absolute Gasteiger partial charge is 0.191 e. The quantitative estimate of drug-likeness (QED) is 0.298. The van der Waals surface area contributed by atoms with Gasteiger partial charge in [0.05, 0.1) is 26.3 Å². The van der Waals surface area contributed by atoms with E-state index in [1.807, 2.05) is 25.1 Å². The fourth-order valence-corrected chi connectivity index (χ4v) is 2.96. The summed E-state index contributed by atoms with van der Waals surface area (Å²) in [6.45, 7) is 4.13. The summed E-state index contributed by atoms with van der Waals surface area (Å²) >= 11 is 0. The van der Waals surface area contributed by atoms with E-state index in [0.717, 1.165) is 65.7 Å². The minimum Gasteiger partial charge on any atom is -0.497 e. The van der Waals surface area contributed by atoms with Crippen molar-refractivity contribution in [1.29, 1.82) is 0 Å². The van der Waals surface area contributed by atoms with Crippen LogP contribution in [0.15, 0.2) is 40.0 Å². The Balaban J connectivity index is 1.55. The maximum Gasteiger partial charge on any atom is 0.191 e. The highest BCUT2D eigenvalue weighted by atomic mass is 16.5. The van der Waals surface area contributed by atoms with Gasteiger partial charge in [-0.05, 0) is 25.8 Å². The monoisotopic (exact) mass is 385 g/mol. The Kier molecular flexibility index (Phi) is 6.78. The van der Waals surface area contributed by atoms with Crippen LogP contribution in [0.25, 0.3) is 10.9 Å². The number of ether oxygens (including phenoxy) is 2. The summed E-state index contributed by atoms with van der Waals surface area (Å²) in [5, 5.41) is 11.5. The number of aromatic nitrogens is 2. The number of nitrogens with zero attached hydrogens (tertiary/aromatic N) is 2. The molecule has 8 heteroatoms. The normalized spacial score (nSPS) is 11.6. The van der Waals surface area contributed by atoms with Crippen molar-refractivity contribution in [2.75, 3.05) is 27.3 Å². The zero-order valence-electron chi connectivity index (χ0n) is 16.5. The van der Waals surface area contributed by atoms with Gasteiger partial charge < -0.3 is 29.6 Å². The van der Waals surface area contributed by atoms with Crippen LogP contribution in [0.4, 0.5) is 0 Å². The predicted molar refractivity (Wildman–Crippen MR) is 109 cm³/mol. The Morgan fingerprint density at radius 1 is 1.21 bits per heavy atom. The number of benzene rings is 1. The molecule has 0 amide bonds. The van der Waals surface area contributed by atoms with Crippen molar-refractivity contribution in [2.45, 2.75) is 26.3 Å². The molecule has 0 fully saturated rings. The van der Waals surface area contributed by atoms with Gasteiger partial charge in [0.25, 0.3) is 0 Å². The Bertz CT molecular complexity index is 902. The molecule has 1 aromatic carbocycles. The van der Waals surface area contributed by atoms with Gasteiger partial charge in [0.1, 0.15) is 23.5 Å². The molecule has 0 saturated heterocycles. The maximum atomic E-state index is 5.48. The molecule has 3 aromatic rings. The molecule has 0 atom stereocenters. The van der Waals surface area contributed by atoms with E-state index in [2.05, 4.69) is 31.8 Å². The van der Waals surface area contributed by atoms with Crippen molar-refractivity contribution in [3.05, 3.63) is 41.9 Å². The third-order valence-electron chi connectivity index (χ3n) is 4.33. The van der Waals surface area contributed by atoms with Gasteiger partial charge in [-0.3, -0.25) is 0 Å². The zero-order chi connectivity index (χ0) is 19.8. The van der Waals surface area contributed by atoms with Crippen molar-refractivity contribution in [3.63, 3.8) is 0 Å². The molecule has 0 radical (unpaired) electrons. The Labute approximate surface area is 164 Å². The lowest BCUT2D eigenvalue weighted by molar-refractivity contribution is 0.398. The highest BCUT2D eigenvalue weighted by Gasteiger charge is 2.09. The highest BCUT2D eigenvalue weighted by molar-refractivity contribution is 5.88. The number of rotatable bonds is 9. The number of H-pyrrole nitrogens is 1. The van der Waals surface area contributed by atoms with Crippen molar-refractivity contribution < 1.29 is 14.0 Å².